The summed E-state index contributed by atoms with van der Waals surface area (Å²) in [5, 5.41) is 119. The van der Waals surface area contributed by atoms with Crippen LogP contribution in [0, 0.1) is 0 Å². The number of nitrogens with zero attached hydrogens (tertiary/aromatic N) is 8. The van der Waals surface area contributed by atoms with Gasteiger partial charge in [0.25, 0.3) is 0 Å². The van der Waals surface area contributed by atoms with Crippen LogP contribution in [0.25, 0.3) is 0 Å². The van der Waals surface area contributed by atoms with E-state index in [1.807, 2.05) is 0 Å². The summed E-state index contributed by atoms with van der Waals surface area (Å²) in [5.41, 5.74) is 6.30. The predicted octanol–water partition coefficient (Wildman–Crippen LogP) is -11.1. The van der Waals surface area contributed by atoms with E-state index in [-0.39, 0.29) is 219 Å². The van der Waals surface area contributed by atoms with Gasteiger partial charge in [-0.05, 0) is 0 Å². The molecule has 4 heterocycles. The zero-order valence-corrected chi connectivity index (χ0v) is 55.4. The van der Waals surface area contributed by atoms with Crippen LogP contribution in [0.15, 0.2) is 12.4 Å². The van der Waals surface area contributed by atoms with E-state index >= 15 is 0 Å². The largest absolute Gasteiger partial charge is 0.394 e. The lowest BCUT2D eigenvalue weighted by molar-refractivity contribution is -0.301. The number of amides is 11. The smallest absolute Gasteiger partial charge is 0.223 e. The zero-order chi connectivity index (χ0) is 72.7. The van der Waals surface area contributed by atoms with Gasteiger partial charge >= 0.3 is 0 Å². The molecule has 10 atom stereocenters. The van der Waals surface area contributed by atoms with Gasteiger partial charge in [0.1, 0.15) is 48.8 Å². The van der Waals surface area contributed by atoms with Crippen molar-refractivity contribution in [2.75, 3.05) is 118 Å². The summed E-state index contributed by atoms with van der Waals surface area (Å²) < 4.78 is 24.5. The molecule has 2 aromatic rings. The SMILES string of the molecule is CC(=O)NCCN(CCNC(=O)CCC(=O)NCCNC(=O)CCC(=O)NCCNC(=O)CCC(=O)NCCN(CCNC(=O)CCC(=O)NCCN)C(=O)CCc1cn(CCO[C@@H]2O[C@H](CO)[C@H](O)[C@H](O)[C@H]2O)nn1)C(=O)CCc1cn(CCO[C@@H]2O[C@H](CO)[C@H](O)[C@H](O)[C@H]2O)nn1. The minimum atomic E-state index is -1.61. The summed E-state index contributed by atoms with van der Waals surface area (Å²) in [7, 11) is 0. The summed E-state index contributed by atoms with van der Waals surface area (Å²) in [6, 6.07) is 0. The third-order valence-electron chi connectivity index (χ3n) is 15.2. The van der Waals surface area contributed by atoms with E-state index in [2.05, 4.69) is 68.5 Å². The second-order valence-electron chi connectivity index (χ2n) is 22.9. The maximum Gasteiger partial charge on any atom is 0.223 e. The maximum absolute atomic E-state index is 13.5. The number of aromatic nitrogens is 6. The molecule has 0 aromatic carbocycles. The van der Waals surface area contributed by atoms with Crippen LogP contribution in [0.3, 0.4) is 0 Å². The molecule has 41 heteroatoms. The highest BCUT2D eigenvalue weighted by atomic mass is 16.7. The first-order valence-electron chi connectivity index (χ1n) is 32.7. The molecule has 11 amide bonds. The van der Waals surface area contributed by atoms with Crippen LogP contribution < -0.4 is 53.6 Å². The van der Waals surface area contributed by atoms with Crippen molar-refractivity contribution in [2.24, 2.45) is 5.73 Å². The summed E-state index contributed by atoms with van der Waals surface area (Å²) in [5.74, 6) is -4.59. The first-order chi connectivity index (χ1) is 47.4. The van der Waals surface area contributed by atoms with E-state index in [1.165, 1.54) is 26.1 Å². The predicted molar refractivity (Wildman–Crippen MR) is 338 cm³/mol. The Labute approximate surface area is 569 Å². The molecule has 99 heavy (non-hydrogen) atoms. The molecule has 0 spiro atoms. The Bertz CT molecular complexity index is 2850. The fourth-order valence-corrected chi connectivity index (χ4v) is 9.56. The van der Waals surface area contributed by atoms with Gasteiger partial charge in [-0.15, -0.1) is 10.2 Å². The maximum atomic E-state index is 13.5. The van der Waals surface area contributed by atoms with Crippen molar-refractivity contribution in [3.8, 4) is 0 Å². The van der Waals surface area contributed by atoms with Crippen molar-refractivity contribution in [3.63, 3.8) is 0 Å². The van der Waals surface area contributed by atoms with Crippen molar-refractivity contribution in [3.05, 3.63) is 23.8 Å². The van der Waals surface area contributed by atoms with Crippen LogP contribution in [0.1, 0.15) is 82.5 Å². The molecule has 0 unspecified atom stereocenters. The topological polar surface area (TPSA) is 589 Å². The highest BCUT2D eigenvalue weighted by Gasteiger charge is 2.45. The molecule has 2 aliphatic heterocycles. The number of rotatable bonds is 48. The molecule has 2 saturated heterocycles. The van der Waals surface area contributed by atoms with Gasteiger partial charge in [0.15, 0.2) is 12.6 Å². The summed E-state index contributed by atoms with van der Waals surface area (Å²) in [4.78, 5) is 140. The molecule has 41 nitrogen and oxygen atoms in total. The molecule has 2 fully saturated rings. The van der Waals surface area contributed by atoms with Crippen LogP contribution in [0.4, 0.5) is 0 Å². The monoisotopic (exact) mass is 1410 g/mol. The van der Waals surface area contributed by atoms with Crippen molar-refractivity contribution < 1.29 is 113 Å². The van der Waals surface area contributed by atoms with E-state index in [0.29, 0.717) is 11.4 Å². The Kier molecular flexibility index (Phi) is 39.0. The number of nitrogens with one attached hydrogen (secondary N) is 9. The Balaban J connectivity index is 1.04. The Hall–Kier alpha value is -8.07. The summed E-state index contributed by atoms with van der Waals surface area (Å²) in [6.45, 7) is 1.33. The second kappa shape index (κ2) is 46.3. The first-order valence-corrected chi connectivity index (χ1v) is 32.7. The third-order valence-corrected chi connectivity index (χ3v) is 15.2. The van der Waals surface area contributed by atoms with Gasteiger partial charge < -0.3 is 123 Å². The Morgan fingerprint density at radius 2 is 0.727 bits per heavy atom. The van der Waals surface area contributed by atoms with Gasteiger partial charge in [-0.2, -0.15) is 0 Å². The minimum absolute atomic E-state index is 0.00573. The fraction of sp³-hybridized carbons (Fsp3) is 0.741. The second-order valence-corrected chi connectivity index (χ2v) is 22.9. The lowest BCUT2D eigenvalue weighted by Gasteiger charge is -2.39. The number of aliphatic hydroxyl groups is 8. The molecule has 0 bridgehead atoms. The average Bonchev–Trinajstić information content (AvgIpc) is 1.23. The van der Waals surface area contributed by atoms with Gasteiger partial charge in [0.2, 0.25) is 65.0 Å². The molecular weight excluding hydrogens is 1320 g/mol. The van der Waals surface area contributed by atoms with Crippen molar-refractivity contribution in [1.29, 1.82) is 0 Å². The van der Waals surface area contributed by atoms with E-state index in [9.17, 15) is 93.6 Å². The Morgan fingerprint density at radius 1 is 0.434 bits per heavy atom. The van der Waals surface area contributed by atoms with Crippen molar-refractivity contribution >= 4 is 65.0 Å². The van der Waals surface area contributed by atoms with Crippen LogP contribution in [0.5, 0.6) is 0 Å². The van der Waals surface area contributed by atoms with E-state index in [0.717, 1.165) is 0 Å². The molecule has 0 saturated carbocycles. The van der Waals surface area contributed by atoms with Gasteiger partial charge in [-0.3, -0.25) is 52.7 Å². The molecule has 2 aromatic heterocycles. The number of carbonyl (C=O) groups is 11. The number of nitrogens with two attached hydrogens (primary N) is 1. The molecule has 19 N–H and O–H groups in total. The molecular formula is C58H98N18O23. The zero-order valence-electron chi connectivity index (χ0n) is 55.4. The fourth-order valence-electron chi connectivity index (χ4n) is 9.56. The van der Waals surface area contributed by atoms with E-state index < -0.39 is 116 Å². The van der Waals surface area contributed by atoms with Gasteiger partial charge in [0, 0.05) is 188 Å². The third kappa shape index (κ3) is 32.7. The van der Waals surface area contributed by atoms with Gasteiger partial charge in [-0.25, -0.2) is 9.36 Å². The van der Waals surface area contributed by atoms with Crippen LogP contribution in [-0.4, -0.2) is 325 Å². The molecule has 0 aliphatic carbocycles. The van der Waals surface area contributed by atoms with Crippen LogP contribution in [0.2, 0.25) is 0 Å². The van der Waals surface area contributed by atoms with E-state index in [1.54, 1.807) is 12.4 Å². The molecule has 4 rings (SSSR count). The number of hydrogen-bond donors (Lipinski definition) is 18. The van der Waals surface area contributed by atoms with Crippen molar-refractivity contribution in [2.45, 2.75) is 158 Å². The summed E-state index contributed by atoms with van der Waals surface area (Å²) >= 11 is 0. The average molecular weight is 1420 g/mol. The number of aryl methyl sites for hydroxylation is 2. The lowest BCUT2D eigenvalue weighted by atomic mass is 9.99. The molecule has 2 aliphatic rings. The van der Waals surface area contributed by atoms with Crippen LogP contribution >= 0.6 is 0 Å². The lowest BCUT2D eigenvalue weighted by Crippen LogP contribution is -2.59. The van der Waals surface area contributed by atoms with E-state index in [4.69, 9.17) is 24.7 Å². The number of hydrogen-bond acceptors (Lipinski definition) is 28. The quantitative estimate of drug-likeness (QED) is 0.0274. The van der Waals surface area contributed by atoms with Crippen LogP contribution in [-0.2, 0) is 97.6 Å². The highest BCUT2D eigenvalue weighted by Crippen LogP contribution is 2.23. The van der Waals surface area contributed by atoms with Crippen molar-refractivity contribution in [1.82, 2.24) is 87.6 Å². The van der Waals surface area contributed by atoms with Gasteiger partial charge in [-0.1, -0.05) is 10.4 Å². The van der Waals surface area contributed by atoms with Gasteiger partial charge in [0.05, 0.1) is 50.9 Å². The first kappa shape index (κ1) is 83.4. The molecule has 0 radical (unpaired) electrons. The number of ether oxygens (including phenoxy) is 4. The normalized spacial score (nSPS) is 20.3. The minimum Gasteiger partial charge on any atom is -0.394 e. The standard InChI is InChI=1S/C58H98N18O23/c1-36(79)60-20-24-73(49(88)12-2-37-32-75(71-69-37)28-30-96-57-55(94)53(92)51(90)39(34-77)98-57)25-21-66-47(86)10-7-44(83)64-18-16-62-42(81)5-6-43(82)63-17-19-65-45(84)8-11-48(87)68-23-27-74(26-22-67-46(85)9-4-41(80)61-15-14-59)50(89)13-3-38-33-76(72-70-38)29-31-97-58-56(95)54(93)52(91)40(35-78)99-58/h32-33,39-40,51-58,77-78,90-95H,2-31,34-35,59H2,1H3,(H,60,79)(H,61,80)(H,62,81)(H,63,82)(H,64,83)(H,65,84)(H,66,86)(H,67,85)(H,68,87)/t39-,40-,51+,52+,53+,54+,55-,56-,57-,58-/m1/s1. The summed E-state index contributed by atoms with van der Waals surface area (Å²) in [6.07, 6.45) is -12.2. The highest BCUT2D eigenvalue weighted by molar-refractivity contribution is 5.86. The molecule has 558 valence electrons. The number of aliphatic hydroxyl groups excluding tert-OH is 8. The Morgan fingerprint density at radius 3 is 1.02 bits per heavy atom. The number of carbonyl (C=O) groups excluding carboxylic acids is 11.